The third-order valence-electron chi connectivity index (χ3n) is 3.21. The van der Waals surface area contributed by atoms with Crippen molar-refractivity contribution in [3.8, 4) is 0 Å². The normalized spacial score (nSPS) is 12.6. The van der Waals surface area contributed by atoms with E-state index in [1.54, 1.807) is 0 Å². The summed E-state index contributed by atoms with van der Waals surface area (Å²) in [5, 5.41) is 5.60. The summed E-state index contributed by atoms with van der Waals surface area (Å²) in [5.74, 6) is -0.226. The van der Waals surface area contributed by atoms with E-state index < -0.39 is 0 Å². The molecule has 0 saturated carbocycles. The lowest BCUT2D eigenvalue weighted by atomic mass is 9.98. The molecule has 0 amide bonds. The molecular formula is C16H20N2O2. The van der Waals surface area contributed by atoms with E-state index in [0.717, 1.165) is 16.3 Å². The van der Waals surface area contributed by atoms with Gasteiger partial charge in [0.25, 0.3) is 0 Å². The van der Waals surface area contributed by atoms with Gasteiger partial charge in [0, 0.05) is 29.9 Å². The van der Waals surface area contributed by atoms with Crippen LogP contribution in [-0.4, -0.2) is 24.1 Å². The molecule has 1 aromatic carbocycles. The van der Waals surface area contributed by atoms with Crippen molar-refractivity contribution in [2.24, 2.45) is 0 Å². The van der Waals surface area contributed by atoms with Crippen molar-refractivity contribution in [2.45, 2.75) is 32.4 Å². The lowest BCUT2D eigenvalue weighted by molar-refractivity contribution is -0.141. The number of pyridine rings is 1. The van der Waals surface area contributed by atoms with Crippen LogP contribution in [-0.2, 0) is 9.53 Å². The number of ether oxygens (including phenoxy) is 1. The van der Waals surface area contributed by atoms with E-state index in [2.05, 4.69) is 30.2 Å². The molecule has 1 unspecified atom stereocenters. The number of carbonyl (C=O) groups is 1. The number of benzene rings is 1. The summed E-state index contributed by atoms with van der Waals surface area (Å²) in [6.45, 7) is 4.12. The summed E-state index contributed by atoms with van der Waals surface area (Å²) in [6.07, 6.45) is 3.96. The molecule has 0 aliphatic heterocycles. The number of hydrogen-bond donors (Lipinski definition) is 1. The molecule has 1 aromatic heterocycles. The molecule has 0 radical (unpaired) electrons. The van der Waals surface area contributed by atoms with Crippen molar-refractivity contribution >= 4 is 16.7 Å². The standard InChI is InChI=1S/C16H20N2O2/c1-11(2)18-15(8-16(19)20-3)14-10-17-9-12-6-4-5-7-13(12)14/h4-7,9-11,15,18H,8H2,1-3H3. The zero-order chi connectivity index (χ0) is 14.5. The average molecular weight is 272 g/mol. The van der Waals surface area contributed by atoms with Gasteiger partial charge in [0.2, 0.25) is 0 Å². The second kappa shape index (κ2) is 6.48. The van der Waals surface area contributed by atoms with Crippen molar-refractivity contribution in [1.82, 2.24) is 10.3 Å². The highest BCUT2D eigenvalue weighted by Gasteiger charge is 2.19. The predicted molar refractivity (Wildman–Crippen MR) is 79.4 cm³/mol. The van der Waals surface area contributed by atoms with E-state index in [4.69, 9.17) is 4.74 Å². The fourth-order valence-corrected chi connectivity index (χ4v) is 2.33. The van der Waals surface area contributed by atoms with Crippen LogP contribution in [0, 0.1) is 0 Å². The van der Waals surface area contributed by atoms with Crippen LogP contribution in [0.4, 0.5) is 0 Å². The van der Waals surface area contributed by atoms with Gasteiger partial charge >= 0.3 is 5.97 Å². The number of methoxy groups -OCH3 is 1. The summed E-state index contributed by atoms with van der Waals surface area (Å²) in [6, 6.07) is 8.23. The minimum Gasteiger partial charge on any atom is -0.469 e. The van der Waals surface area contributed by atoms with Crippen molar-refractivity contribution < 1.29 is 9.53 Å². The molecule has 2 aromatic rings. The summed E-state index contributed by atoms with van der Waals surface area (Å²) in [7, 11) is 1.41. The Hall–Kier alpha value is -1.94. The molecule has 0 saturated heterocycles. The van der Waals surface area contributed by atoms with E-state index in [0.29, 0.717) is 6.42 Å². The fourth-order valence-electron chi connectivity index (χ4n) is 2.33. The molecule has 1 atom stereocenters. The molecule has 1 N–H and O–H groups in total. The Morgan fingerprint density at radius 3 is 2.75 bits per heavy atom. The molecule has 4 heteroatoms. The number of hydrogen-bond acceptors (Lipinski definition) is 4. The van der Waals surface area contributed by atoms with Crippen molar-refractivity contribution in [3.63, 3.8) is 0 Å². The number of carbonyl (C=O) groups excluding carboxylic acids is 1. The van der Waals surface area contributed by atoms with E-state index in [9.17, 15) is 4.79 Å². The number of esters is 1. The molecule has 0 aliphatic carbocycles. The van der Waals surface area contributed by atoms with Crippen LogP contribution >= 0.6 is 0 Å². The molecule has 0 aliphatic rings. The average Bonchev–Trinajstić information content (AvgIpc) is 2.45. The van der Waals surface area contributed by atoms with Gasteiger partial charge in [0.15, 0.2) is 0 Å². The third kappa shape index (κ3) is 3.33. The lowest BCUT2D eigenvalue weighted by Gasteiger charge is -2.21. The van der Waals surface area contributed by atoms with Crippen LogP contribution < -0.4 is 5.32 Å². The molecule has 2 rings (SSSR count). The molecular weight excluding hydrogens is 252 g/mol. The molecule has 0 spiro atoms. The van der Waals surface area contributed by atoms with E-state index in [1.165, 1.54) is 7.11 Å². The van der Waals surface area contributed by atoms with E-state index in [1.807, 2.05) is 30.6 Å². The lowest BCUT2D eigenvalue weighted by Crippen LogP contribution is -2.30. The third-order valence-corrected chi connectivity index (χ3v) is 3.21. The van der Waals surface area contributed by atoms with Crippen LogP contribution in [0.2, 0.25) is 0 Å². The summed E-state index contributed by atoms with van der Waals surface area (Å²) >= 11 is 0. The van der Waals surface area contributed by atoms with E-state index >= 15 is 0 Å². The second-order valence-electron chi connectivity index (χ2n) is 5.10. The van der Waals surface area contributed by atoms with Crippen LogP contribution in [0.1, 0.15) is 31.9 Å². The van der Waals surface area contributed by atoms with E-state index in [-0.39, 0.29) is 18.1 Å². The monoisotopic (exact) mass is 272 g/mol. The molecule has 4 nitrogen and oxygen atoms in total. The molecule has 20 heavy (non-hydrogen) atoms. The molecule has 0 bridgehead atoms. The number of nitrogens with zero attached hydrogens (tertiary/aromatic N) is 1. The van der Waals surface area contributed by atoms with Gasteiger partial charge in [-0.15, -0.1) is 0 Å². The minimum atomic E-state index is -0.226. The molecule has 1 heterocycles. The highest BCUT2D eigenvalue weighted by molar-refractivity contribution is 5.85. The molecule has 0 fully saturated rings. The highest BCUT2D eigenvalue weighted by atomic mass is 16.5. The number of aromatic nitrogens is 1. The smallest absolute Gasteiger partial charge is 0.307 e. The zero-order valence-corrected chi connectivity index (χ0v) is 12.1. The highest BCUT2D eigenvalue weighted by Crippen LogP contribution is 2.26. The topological polar surface area (TPSA) is 51.2 Å². The van der Waals surface area contributed by atoms with Gasteiger partial charge in [-0.05, 0) is 10.9 Å². The van der Waals surface area contributed by atoms with Crippen molar-refractivity contribution in [2.75, 3.05) is 7.11 Å². The first-order chi connectivity index (χ1) is 9.61. The maximum absolute atomic E-state index is 11.6. The zero-order valence-electron chi connectivity index (χ0n) is 12.1. The summed E-state index contributed by atoms with van der Waals surface area (Å²) < 4.78 is 4.80. The maximum Gasteiger partial charge on any atom is 0.307 e. The summed E-state index contributed by atoms with van der Waals surface area (Å²) in [4.78, 5) is 15.9. The van der Waals surface area contributed by atoms with Crippen molar-refractivity contribution in [3.05, 3.63) is 42.2 Å². The van der Waals surface area contributed by atoms with Gasteiger partial charge < -0.3 is 10.1 Å². The quantitative estimate of drug-likeness (QED) is 0.850. The van der Waals surface area contributed by atoms with Gasteiger partial charge in [-0.25, -0.2) is 0 Å². The van der Waals surface area contributed by atoms with Crippen molar-refractivity contribution in [1.29, 1.82) is 0 Å². The van der Waals surface area contributed by atoms with Crippen LogP contribution in [0.15, 0.2) is 36.7 Å². The van der Waals surface area contributed by atoms with Gasteiger partial charge in [-0.1, -0.05) is 38.1 Å². The van der Waals surface area contributed by atoms with Gasteiger partial charge in [-0.3, -0.25) is 9.78 Å². The number of rotatable bonds is 5. The van der Waals surface area contributed by atoms with Gasteiger partial charge in [-0.2, -0.15) is 0 Å². The van der Waals surface area contributed by atoms with Crippen LogP contribution in [0.3, 0.4) is 0 Å². The first-order valence-corrected chi connectivity index (χ1v) is 6.77. The summed E-state index contributed by atoms with van der Waals surface area (Å²) in [5.41, 5.74) is 1.03. The number of nitrogens with one attached hydrogen (secondary N) is 1. The Morgan fingerprint density at radius 1 is 1.30 bits per heavy atom. The maximum atomic E-state index is 11.6. The predicted octanol–water partition coefficient (Wildman–Crippen LogP) is 2.84. The van der Waals surface area contributed by atoms with Gasteiger partial charge in [0.05, 0.1) is 13.5 Å². The Bertz CT molecular complexity index is 591. The second-order valence-corrected chi connectivity index (χ2v) is 5.10. The van der Waals surface area contributed by atoms with Crippen LogP contribution in [0.5, 0.6) is 0 Å². The largest absolute Gasteiger partial charge is 0.469 e. The Labute approximate surface area is 119 Å². The number of fused-ring (bicyclic) bond motifs is 1. The Morgan fingerprint density at radius 2 is 2.05 bits per heavy atom. The first kappa shape index (κ1) is 14.5. The first-order valence-electron chi connectivity index (χ1n) is 6.77. The Balaban J connectivity index is 2.42. The minimum absolute atomic E-state index is 0.0963. The SMILES string of the molecule is COC(=O)CC(NC(C)C)c1cncc2ccccc12. The molecule has 106 valence electrons. The Kier molecular flexibility index (Phi) is 4.69. The fraction of sp³-hybridized carbons (Fsp3) is 0.375. The van der Waals surface area contributed by atoms with Gasteiger partial charge in [0.1, 0.15) is 0 Å². The van der Waals surface area contributed by atoms with Crippen LogP contribution in [0.25, 0.3) is 10.8 Å².